The fourth-order valence-corrected chi connectivity index (χ4v) is 2.78. The van der Waals surface area contributed by atoms with Crippen LogP contribution in [0.5, 0.6) is 0 Å². The molecule has 110 valence electrons. The van der Waals surface area contributed by atoms with E-state index < -0.39 is 0 Å². The summed E-state index contributed by atoms with van der Waals surface area (Å²) in [5.41, 5.74) is 7.26. The van der Waals surface area contributed by atoms with Crippen LogP contribution >= 0.6 is 0 Å². The quantitative estimate of drug-likeness (QED) is 0.374. The average Bonchev–Trinajstić information content (AvgIpc) is 2.67. The molecule has 0 aliphatic carbocycles. The molecule has 6 heteroatoms. The van der Waals surface area contributed by atoms with Crippen LogP contribution in [0, 0.1) is 0 Å². The van der Waals surface area contributed by atoms with Crippen LogP contribution in [-0.2, 0) is 0 Å². The van der Waals surface area contributed by atoms with Gasteiger partial charge in [0.25, 0.3) is 0 Å². The highest BCUT2D eigenvalue weighted by Crippen LogP contribution is 2.24. The summed E-state index contributed by atoms with van der Waals surface area (Å²) in [6, 6.07) is 4.30. The Morgan fingerprint density at radius 1 is 1.55 bits per heavy atom. The Balaban J connectivity index is 2.38. The standard InChI is InChI=1S/C14H23N5O/c1-3-11-10-18(2)8-5-9-19(11)12-6-4-7-16-13(12)14(15)17-20/h4,6-7,11,20H,3,5,8-10H2,1-2H3,(H2,15,17). The Bertz CT molecular complexity index is 476. The van der Waals surface area contributed by atoms with Gasteiger partial charge in [-0.15, -0.1) is 0 Å². The number of oxime groups is 1. The zero-order valence-electron chi connectivity index (χ0n) is 12.2. The lowest BCUT2D eigenvalue weighted by Gasteiger charge is -2.33. The highest BCUT2D eigenvalue weighted by atomic mass is 16.4. The lowest BCUT2D eigenvalue weighted by atomic mass is 10.1. The van der Waals surface area contributed by atoms with Gasteiger partial charge in [0.05, 0.1) is 5.69 Å². The molecule has 0 aromatic carbocycles. The Hall–Kier alpha value is -1.82. The van der Waals surface area contributed by atoms with Crippen LogP contribution < -0.4 is 10.6 Å². The van der Waals surface area contributed by atoms with E-state index in [1.807, 2.05) is 12.1 Å². The summed E-state index contributed by atoms with van der Waals surface area (Å²) in [4.78, 5) is 8.96. The van der Waals surface area contributed by atoms with Crippen LogP contribution in [0.1, 0.15) is 25.5 Å². The largest absolute Gasteiger partial charge is 0.409 e. The highest BCUT2D eigenvalue weighted by Gasteiger charge is 2.25. The van der Waals surface area contributed by atoms with E-state index in [1.54, 1.807) is 6.20 Å². The normalized spacial score (nSPS) is 21.8. The molecule has 0 amide bonds. The van der Waals surface area contributed by atoms with E-state index in [1.165, 1.54) is 0 Å². The fraction of sp³-hybridized carbons (Fsp3) is 0.571. The minimum absolute atomic E-state index is 0.0630. The van der Waals surface area contributed by atoms with Crippen molar-refractivity contribution in [2.45, 2.75) is 25.8 Å². The molecule has 2 heterocycles. The summed E-state index contributed by atoms with van der Waals surface area (Å²) < 4.78 is 0. The van der Waals surface area contributed by atoms with E-state index in [0.717, 1.165) is 38.2 Å². The highest BCUT2D eigenvalue weighted by molar-refractivity contribution is 6.00. The molecule has 3 N–H and O–H groups in total. The summed E-state index contributed by atoms with van der Waals surface area (Å²) in [6.45, 7) is 5.25. The van der Waals surface area contributed by atoms with Gasteiger partial charge in [-0.3, -0.25) is 4.98 Å². The van der Waals surface area contributed by atoms with E-state index in [2.05, 4.69) is 33.9 Å². The predicted molar refractivity (Wildman–Crippen MR) is 80.3 cm³/mol. The van der Waals surface area contributed by atoms with Crippen molar-refractivity contribution in [2.24, 2.45) is 10.9 Å². The summed E-state index contributed by atoms with van der Waals surface area (Å²) >= 11 is 0. The van der Waals surface area contributed by atoms with Crippen molar-refractivity contribution in [2.75, 3.05) is 31.6 Å². The van der Waals surface area contributed by atoms with Crippen molar-refractivity contribution >= 4 is 11.5 Å². The van der Waals surface area contributed by atoms with Crippen LogP contribution in [-0.4, -0.2) is 53.7 Å². The number of anilines is 1. The maximum atomic E-state index is 8.93. The van der Waals surface area contributed by atoms with Crippen LogP contribution in [0.3, 0.4) is 0 Å². The van der Waals surface area contributed by atoms with Crippen molar-refractivity contribution < 1.29 is 5.21 Å². The molecule has 1 atom stereocenters. The molecular formula is C14H23N5O. The van der Waals surface area contributed by atoms with Gasteiger partial charge in [0.1, 0.15) is 5.69 Å². The smallest absolute Gasteiger partial charge is 0.190 e. The predicted octanol–water partition coefficient (Wildman–Crippen LogP) is 1.10. The minimum Gasteiger partial charge on any atom is -0.409 e. The number of hydrogen-bond donors (Lipinski definition) is 2. The first-order valence-corrected chi connectivity index (χ1v) is 7.05. The maximum absolute atomic E-state index is 8.93. The number of hydrogen-bond acceptors (Lipinski definition) is 5. The lowest BCUT2D eigenvalue weighted by Crippen LogP contribution is -2.41. The third-order valence-corrected chi connectivity index (χ3v) is 3.82. The maximum Gasteiger partial charge on any atom is 0.190 e. The van der Waals surface area contributed by atoms with Gasteiger partial charge in [-0.25, -0.2) is 0 Å². The van der Waals surface area contributed by atoms with Crippen LogP contribution in [0.2, 0.25) is 0 Å². The second-order valence-corrected chi connectivity index (χ2v) is 5.23. The first-order valence-electron chi connectivity index (χ1n) is 7.05. The molecule has 0 bridgehead atoms. The monoisotopic (exact) mass is 277 g/mol. The molecule has 1 aromatic rings. The third-order valence-electron chi connectivity index (χ3n) is 3.82. The zero-order valence-corrected chi connectivity index (χ0v) is 12.2. The van der Waals surface area contributed by atoms with Gasteiger partial charge in [-0.05, 0) is 38.6 Å². The Morgan fingerprint density at radius 2 is 2.35 bits per heavy atom. The van der Waals surface area contributed by atoms with Crippen molar-refractivity contribution in [1.82, 2.24) is 9.88 Å². The molecule has 0 radical (unpaired) electrons. The summed E-state index contributed by atoms with van der Waals surface area (Å²) in [6.07, 6.45) is 3.81. The van der Waals surface area contributed by atoms with E-state index in [-0.39, 0.29) is 5.84 Å². The number of aromatic nitrogens is 1. The first kappa shape index (κ1) is 14.6. The van der Waals surface area contributed by atoms with Crippen molar-refractivity contribution in [3.05, 3.63) is 24.0 Å². The number of likely N-dealkylation sites (N-methyl/N-ethyl adjacent to an activating group) is 1. The van der Waals surface area contributed by atoms with Crippen molar-refractivity contribution in [3.63, 3.8) is 0 Å². The summed E-state index contributed by atoms with van der Waals surface area (Å²) in [7, 11) is 2.15. The SMILES string of the molecule is CCC1CN(C)CCCN1c1cccnc1/C(N)=N/O. The van der Waals surface area contributed by atoms with Gasteiger partial charge in [-0.2, -0.15) is 0 Å². The molecule has 2 rings (SSSR count). The number of nitrogens with zero attached hydrogens (tertiary/aromatic N) is 4. The van der Waals surface area contributed by atoms with Crippen LogP contribution in [0.15, 0.2) is 23.5 Å². The molecule has 1 aromatic heterocycles. The van der Waals surface area contributed by atoms with Crippen LogP contribution in [0.4, 0.5) is 5.69 Å². The van der Waals surface area contributed by atoms with Crippen LogP contribution in [0.25, 0.3) is 0 Å². The lowest BCUT2D eigenvalue weighted by molar-refractivity contribution is 0.318. The van der Waals surface area contributed by atoms with Crippen molar-refractivity contribution in [1.29, 1.82) is 0 Å². The molecule has 1 unspecified atom stereocenters. The van der Waals surface area contributed by atoms with Crippen molar-refractivity contribution in [3.8, 4) is 0 Å². The van der Waals surface area contributed by atoms with Gasteiger partial charge >= 0.3 is 0 Å². The van der Waals surface area contributed by atoms with E-state index >= 15 is 0 Å². The molecule has 20 heavy (non-hydrogen) atoms. The molecule has 1 aliphatic rings. The third kappa shape index (κ3) is 3.01. The topological polar surface area (TPSA) is 78.0 Å². The number of amidine groups is 1. The fourth-order valence-electron chi connectivity index (χ4n) is 2.78. The van der Waals surface area contributed by atoms with Gasteiger partial charge in [0, 0.05) is 25.3 Å². The number of pyridine rings is 1. The molecular weight excluding hydrogens is 254 g/mol. The molecule has 1 aliphatic heterocycles. The second kappa shape index (κ2) is 6.56. The Kier molecular flexibility index (Phi) is 4.79. The minimum atomic E-state index is 0.0630. The van der Waals surface area contributed by atoms with Gasteiger partial charge in [0.15, 0.2) is 5.84 Å². The number of nitrogens with two attached hydrogens (primary N) is 1. The Morgan fingerprint density at radius 3 is 3.05 bits per heavy atom. The van der Waals surface area contributed by atoms with Gasteiger partial charge < -0.3 is 20.7 Å². The number of rotatable bonds is 3. The van der Waals surface area contributed by atoms with Gasteiger partial charge in [0.2, 0.25) is 0 Å². The zero-order chi connectivity index (χ0) is 14.5. The summed E-state index contributed by atoms with van der Waals surface area (Å²) in [5, 5.41) is 12.0. The van der Waals surface area contributed by atoms with E-state index in [0.29, 0.717) is 11.7 Å². The molecule has 6 nitrogen and oxygen atoms in total. The average molecular weight is 277 g/mol. The molecule has 1 saturated heterocycles. The second-order valence-electron chi connectivity index (χ2n) is 5.23. The first-order chi connectivity index (χ1) is 9.67. The Labute approximate surface area is 119 Å². The van der Waals surface area contributed by atoms with Gasteiger partial charge in [-0.1, -0.05) is 12.1 Å². The molecule has 1 fully saturated rings. The van der Waals surface area contributed by atoms with E-state index in [9.17, 15) is 0 Å². The molecule has 0 saturated carbocycles. The summed E-state index contributed by atoms with van der Waals surface area (Å²) in [5.74, 6) is 0.0630. The molecule has 0 spiro atoms. The van der Waals surface area contributed by atoms with E-state index in [4.69, 9.17) is 10.9 Å².